The Hall–Kier alpha value is -1.42. The van der Waals surface area contributed by atoms with Gasteiger partial charge in [-0.05, 0) is 75.6 Å². The molecule has 1 atom stereocenters. The standard InChI is InChI=1S/C23H32ClN4OP/c1-30-23-22(24)21(26-15-17-5-3-2-4-6-17)16-27-28(23)18-7-9-19(10-8-18)29-20-11-13-25-14-12-20/h7-10,16-17,20,25,30H,2-6,11-15H2,1H3. The SMILES string of the molecule is CPc1c(Cl)c(=NCC2CCCCC2)cnn1-c1ccc(OC2CCNCC2)cc1. The second-order valence-electron chi connectivity index (χ2n) is 8.26. The van der Waals surface area contributed by atoms with E-state index in [1.165, 1.54) is 32.1 Å². The molecule has 1 aromatic heterocycles. The summed E-state index contributed by atoms with van der Waals surface area (Å²) in [6.07, 6.45) is 10.8. The van der Waals surface area contributed by atoms with Crippen molar-refractivity contribution in [2.45, 2.75) is 51.0 Å². The summed E-state index contributed by atoms with van der Waals surface area (Å²) in [7, 11) is 0.532. The summed E-state index contributed by atoms with van der Waals surface area (Å²) in [6.45, 7) is 5.05. The van der Waals surface area contributed by atoms with Crippen LogP contribution in [0.3, 0.4) is 0 Å². The van der Waals surface area contributed by atoms with Gasteiger partial charge in [0.2, 0.25) is 0 Å². The van der Waals surface area contributed by atoms with E-state index in [4.69, 9.17) is 21.3 Å². The van der Waals surface area contributed by atoms with E-state index in [0.717, 1.165) is 59.7 Å². The second-order valence-corrected chi connectivity index (χ2v) is 9.61. The molecule has 162 valence electrons. The van der Waals surface area contributed by atoms with Gasteiger partial charge in [0.25, 0.3) is 0 Å². The lowest BCUT2D eigenvalue weighted by Gasteiger charge is -2.24. The first-order valence-corrected chi connectivity index (χ1v) is 13.1. The Balaban J connectivity index is 1.51. The quantitative estimate of drug-likeness (QED) is 0.680. The molecule has 1 saturated carbocycles. The van der Waals surface area contributed by atoms with Crippen LogP contribution in [0.5, 0.6) is 5.75 Å². The molecule has 30 heavy (non-hydrogen) atoms. The maximum atomic E-state index is 6.76. The van der Waals surface area contributed by atoms with Crippen LogP contribution >= 0.6 is 20.2 Å². The Morgan fingerprint density at radius 3 is 2.57 bits per heavy atom. The number of benzene rings is 1. The van der Waals surface area contributed by atoms with Gasteiger partial charge in [0, 0.05) is 6.54 Å². The average molecular weight is 447 g/mol. The fourth-order valence-electron chi connectivity index (χ4n) is 4.33. The molecule has 1 unspecified atom stereocenters. The molecule has 0 spiro atoms. The average Bonchev–Trinajstić information content (AvgIpc) is 2.80. The number of piperidine rings is 1. The minimum absolute atomic E-state index is 0.301. The Morgan fingerprint density at radius 2 is 1.87 bits per heavy atom. The van der Waals surface area contributed by atoms with Crippen molar-refractivity contribution in [1.82, 2.24) is 15.1 Å². The van der Waals surface area contributed by atoms with E-state index < -0.39 is 0 Å². The highest BCUT2D eigenvalue weighted by molar-refractivity contribution is 7.46. The molecule has 0 radical (unpaired) electrons. The van der Waals surface area contributed by atoms with Gasteiger partial charge in [-0.1, -0.05) is 39.4 Å². The molecule has 0 amide bonds. The highest BCUT2D eigenvalue weighted by Crippen LogP contribution is 2.24. The third-order valence-corrected chi connectivity index (χ3v) is 7.56. The second kappa shape index (κ2) is 10.7. The molecular formula is C23H32ClN4OP. The zero-order valence-electron chi connectivity index (χ0n) is 17.7. The van der Waals surface area contributed by atoms with Crippen LogP contribution in [0.15, 0.2) is 35.5 Å². The van der Waals surface area contributed by atoms with E-state index in [1.54, 1.807) is 0 Å². The lowest BCUT2D eigenvalue weighted by Crippen LogP contribution is -2.34. The van der Waals surface area contributed by atoms with Gasteiger partial charge < -0.3 is 10.1 Å². The Labute approximate surface area is 186 Å². The number of rotatable bonds is 6. The monoisotopic (exact) mass is 446 g/mol. The summed E-state index contributed by atoms with van der Waals surface area (Å²) in [4.78, 5) is 4.82. The predicted octanol–water partition coefficient (Wildman–Crippen LogP) is 4.07. The molecule has 2 aromatic rings. The van der Waals surface area contributed by atoms with Crippen molar-refractivity contribution >= 4 is 25.6 Å². The molecule has 2 fully saturated rings. The first-order valence-electron chi connectivity index (χ1n) is 11.2. The van der Waals surface area contributed by atoms with Gasteiger partial charge in [0.15, 0.2) is 0 Å². The van der Waals surface area contributed by atoms with E-state index in [9.17, 15) is 0 Å². The van der Waals surface area contributed by atoms with E-state index >= 15 is 0 Å². The summed E-state index contributed by atoms with van der Waals surface area (Å²) in [6, 6.07) is 8.18. The maximum Gasteiger partial charge on any atom is 0.119 e. The molecule has 1 aliphatic heterocycles. The van der Waals surface area contributed by atoms with Crippen molar-refractivity contribution in [3.63, 3.8) is 0 Å². The smallest absolute Gasteiger partial charge is 0.119 e. The minimum Gasteiger partial charge on any atom is -0.490 e. The van der Waals surface area contributed by atoms with Crippen LogP contribution in [-0.4, -0.2) is 42.2 Å². The van der Waals surface area contributed by atoms with Crippen molar-refractivity contribution in [3.8, 4) is 11.4 Å². The summed E-state index contributed by atoms with van der Waals surface area (Å²) in [5.74, 6) is 1.61. The van der Waals surface area contributed by atoms with Crippen molar-refractivity contribution in [3.05, 3.63) is 40.8 Å². The third kappa shape index (κ3) is 5.43. The Kier molecular flexibility index (Phi) is 7.81. The summed E-state index contributed by atoms with van der Waals surface area (Å²) < 4.78 is 8.07. The minimum atomic E-state index is 0.301. The molecule has 5 nitrogen and oxygen atoms in total. The zero-order valence-corrected chi connectivity index (χ0v) is 19.5. The van der Waals surface area contributed by atoms with Crippen molar-refractivity contribution in [2.75, 3.05) is 26.3 Å². The molecule has 7 heteroatoms. The first kappa shape index (κ1) is 21.8. The summed E-state index contributed by atoms with van der Waals surface area (Å²) >= 11 is 6.76. The van der Waals surface area contributed by atoms with Crippen LogP contribution in [0.4, 0.5) is 0 Å². The molecule has 1 saturated heterocycles. The van der Waals surface area contributed by atoms with Crippen LogP contribution in [0.1, 0.15) is 44.9 Å². The van der Waals surface area contributed by atoms with E-state index in [-0.39, 0.29) is 0 Å². The van der Waals surface area contributed by atoms with Crippen LogP contribution in [0.25, 0.3) is 5.69 Å². The summed E-state index contributed by atoms with van der Waals surface area (Å²) in [5, 5.41) is 9.62. The van der Waals surface area contributed by atoms with E-state index in [2.05, 4.69) is 29.2 Å². The molecular weight excluding hydrogens is 415 g/mol. The number of hydrogen-bond acceptors (Lipinski definition) is 4. The molecule has 1 aromatic carbocycles. The van der Waals surface area contributed by atoms with Gasteiger partial charge in [0.1, 0.15) is 11.9 Å². The molecule has 1 aliphatic carbocycles. The van der Waals surface area contributed by atoms with Crippen molar-refractivity contribution < 1.29 is 4.74 Å². The van der Waals surface area contributed by atoms with Gasteiger partial charge in [-0.25, -0.2) is 4.68 Å². The van der Waals surface area contributed by atoms with Gasteiger partial charge in [0.05, 0.1) is 27.7 Å². The van der Waals surface area contributed by atoms with Gasteiger partial charge >= 0.3 is 0 Å². The van der Waals surface area contributed by atoms with Crippen LogP contribution in [-0.2, 0) is 0 Å². The molecule has 1 N–H and O–H groups in total. The Morgan fingerprint density at radius 1 is 1.13 bits per heavy atom. The largest absolute Gasteiger partial charge is 0.490 e. The number of nitrogens with zero attached hydrogens (tertiary/aromatic N) is 3. The van der Waals surface area contributed by atoms with Crippen molar-refractivity contribution in [1.29, 1.82) is 0 Å². The number of ether oxygens (including phenoxy) is 1. The van der Waals surface area contributed by atoms with Crippen LogP contribution in [0.2, 0.25) is 5.02 Å². The highest BCUT2D eigenvalue weighted by Gasteiger charge is 2.16. The maximum absolute atomic E-state index is 6.76. The lowest BCUT2D eigenvalue weighted by molar-refractivity contribution is 0.162. The normalized spacial score (nSPS) is 19.6. The fourth-order valence-corrected chi connectivity index (χ4v) is 5.55. The molecule has 0 bridgehead atoms. The van der Waals surface area contributed by atoms with Gasteiger partial charge in [-0.2, -0.15) is 5.10 Å². The highest BCUT2D eigenvalue weighted by atomic mass is 35.5. The van der Waals surface area contributed by atoms with Crippen LogP contribution < -0.4 is 20.8 Å². The number of aromatic nitrogens is 2. The molecule has 2 heterocycles. The fraction of sp³-hybridized carbons (Fsp3) is 0.565. The Bertz CT molecular complexity index is 887. The number of hydrogen-bond donors (Lipinski definition) is 1. The van der Waals surface area contributed by atoms with E-state index in [0.29, 0.717) is 20.6 Å². The van der Waals surface area contributed by atoms with Gasteiger partial charge in [-0.15, -0.1) is 0 Å². The summed E-state index contributed by atoms with van der Waals surface area (Å²) in [5.41, 5.74) is 2.02. The first-order chi connectivity index (χ1) is 14.7. The number of halogens is 1. The molecule has 4 rings (SSSR count). The molecule has 2 aliphatic rings. The predicted molar refractivity (Wildman–Crippen MR) is 126 cm³/mol. The van der Waals surface area contributed by atoms with Crippen molar-refractivity contribution in [2.24, 2.45) is 10.9 Å². The van der Waals surface area contributed by atoms with Gasteiger partial charge in [-0.3, -0.25) is 4.99 Å². The van der Waals surface area contributed by atoms with E-state index in [1.807, 2.05) is 23.0 Å². The van der Waals surface area contributed by atoms with Crippen LogP contribution in [0, 0.1) is 5.92 Å². The topological polar surface area (TPSA) is 51.4 Å². The number of nitrogens with one attached hydrogen (secondary N) is 1. The lowest BCUT2D eigenvalue weighted by atomic mass is 9.89. The third-order valence-electron chi connectivity index (χ3n) is 6.09. The zero-order chi connectivity index (χ0) is 20.8.